The van der Waals surface area contributed by atoms with Gasteiger partial charge in [0.25, 0.3) is 5.69 Å². The molecule has 8 heteroatoms. The molecule has 126 valence electrons. The second-order valence-electron chi connectivity index (χ2n) is 5.77. The maximum absolute atomic E-state index is 11.2. The van der Waals surface area contributed by atoms with Gasteiger partial charge in [0.2, 0.25) is 0 Å². The van der Waals surface area contributed by atoms with E-state index < -0.39 is 10.9 Å². The molecule has 1 aromatic carbocycles. The van der Waals surface area contributed by atoms with Crippen LogP contribution in [-0.4, -0.2) is 53.6 Å². The van der Waals surface area contributed by atoms with E-state index in [9.17, 15) is 14.9 Å². The van der Waals surface area contributed by atoms with Crippen molar-refractivity contribution in [3.05, 3.63) is 33.3 Å². The molecule has 1 atom stereocenters. The number of aliphatic carboxylic acids is 1. The summed E-state index contributed by atoms with van der Waals surface area (Å²) in [6.45, 7) is 1.36. The third kappa shape index (κ3) is 4.56. The van der Waals surface area contributed by atoms with E-state index >= 15 is 0 Å². The van der Waals surface area contributed by atoms with Crippen LogP contribution >= 0.6 is 11.6 Å². The van der Waals surface area contributed by atoms with E-state index in [0.29, 0.717) is 23.8 Å². The van der Waals surface area contributed by atoms with Crippen molar-refractivity contribution in [1.29, 1.82) is 0 Å². The highest BCUT2D eigenvalue weighted by atomic mass is 35.5. The van der Waals surface area contributed by atoms with Crippen LogP contribution in [0.2, 0.25) is 5.02 Å². The minimum absolute atomic E-state index is 0.00571. The second-order valence-corrected chi connectivity index (χ2v) is 6.21. The van der Waals surface area contributed by atoms with Gasteiger partial charge >= 0.3 is 5.97 Å². The summed E-state index contributed by atoms with van der Waals surface area (Å²) in [5, 5.41) is 20.5. The van der Waals surface area contributed by atoms with Crippen LogP contribution in [0.1, 0.15) is 19.3 Å². The maximum Gasteiger partial charge on any atom is 0.317 e. The van der Waals surface area contributed by atoms with Gasteiger partial charge in [-0.3, -0.25) is 19.8 Å². The predicted molar refractivity (Wildman–Crippen MR) is 88.2 cm³/mol. The van der Waals surface area contributed by atoms with Crippen LogP contribution in [0.25, 0.3) is 0 Å². The highest BCUT2D eigenvalue weighted by Crippen LogP contribution is 2.32. The summed E-state index contributed by atoms with van der Waals surface area (Å²) >= 11 is 5.86. The van der Waals surface area contributed by atoms with Gasteiger partial charge in [-0.25, -0.2) is 0 Å². The van der Waals surface area contributed by atoms with E-state index in [1.807, 2.05) is 9.80 Å². The fraction of sp³-hybridized carbons (Fsp3) is 0.533. The Bertz CT molecular complexity index is 596. The molecule has 1 unspecified atom stereocenters. The number of halogens is 1. The number of hydrogen-bond donors (Lipinski definition) is 1. The van der Waals surface area contributed by atoms with Gasteiger partial charge in [-0.2, -0.15) is 0 Å². The summed E-state index contributed by atoms with van der Waals surface area (Å²) in [6, 6.07) is 4.88. The Morgan fingerprint density at radius 2 is 2.22 bits per heavy atom. The second kappa shape index (κ2) is 7.61. The van der Waals surface area contributed by atoms with Gasteiger partial charge in [0.1, 0.15) is 5.69 Å². The topological polar surface area (TPSA) is 86.9 Å². The number of nitro benzene ring substituents is 1. The summed E-state index contributed by atoms with van der Waals surface area (Å²) < 4.78 is 0. The van der Waals surface area contributed by atoms with E-state index in [1.54, 1.807) is 19.2 Å². The van der Waals surface area contributed by atoms with Crippen molar-refractivity contribution in [3.63, 3.8) is 0 Å². The number of hydrogen-bond acceptors (Lipinski definition) is 5. The van der Waals surface area contributed by atoms with Crippen LogP contribution in [0.15, 0.2) is 18.2 Å². The lowest BCUT2D eigenvalue weighted by atomic mass is 10.1. The molecule has 1 aliphatic heterocycles. The smallest absolute Gasteiger partial charge is 0.317 e. The van der Waals surface area contributed by atoms with Crippen molar-refractivity contribution in [3.8, 4) is 0 Å². The number of nitrogens with zero attached hydrogens (tertiary/aromatic N) is 3. The number of benzene rings is 1. The fourth-order valence-corrected chi connectivity index (χ4v) is 3.18. The zero-order chi connectivity index (χ0) is 17.0. The molecular weight excluding hydrogens is 322 g/mol. The zero-order valence-electron chi connectivity index (χ0n) is 12.9. The van der Waals surface area contributed by atoms with Crippen molar-refractivity contribution in [2.24, 2.45) is 0 Å². The monoisotopic (exact) mass is 341 g/mol. The standard InChI is InChI=1S/C15H20ClN3O4/c1-17(10-15(20)21)12-3-2-7-18(8-6-12)13-5-4-11(16)9-14(13)19(22)23/h4-5,9,12H,2-3,6-8,10H2,1H3,(H,20,21). The molecule has 1 aliphatic rings. The first-order chi connectivity index (χ1) is 10.9. The lowest BCUT2D eigenvalue weighted by molar-refractivity contribution is -0.384. The van der Waals surface area contributed by atoms with Gasteiger partial charge in [-0.15, -0.1) is 0 Å². The van der Waals surface area contributed by atoms with Crippen LogP contribution in [0.5, 0.6) is 0 Å². The summed E-state index contributed by atoms with van der Waals surface area (Å²) in [4.78, 5) is 25.5. The Morgan fingerprint density at radius 1 is 1.48 bits per heavy atom. The van der Waals surface area contributed by atoms with E-state index in [0.717, 1.165) is 19.3 Å². The summed E-state index contributed by atoms with van der Waals surface area (Å²) in [6.07, 6.45) is 2.50. The number of carboxylic acid groups (broad SMARTS) is 1. The third-order valence-corrected chi connectivity index (χ3v) is 4.42. The summed E-state index contributed by atoms with van der Waals surface area (Å²) in [5.41, 5.74) is 0.579. The largest absolute Gasteiger partial charge is 0.480 e. The fourth-order valence-electron chi connectivity index (χ4n) is 3.01. The normalized spacial score (nSPS) is 18.7. The first kappa shape index (κ1) is 17.5. The van der Waals surface area contributed by atoms with E-state index in [4.69, 9.17) is 16.7 Å². The average Bonchev–Trinajstić information content (AvgIpc) is 2.72. The van der Waals surface area contributed by atoms with Gasteiger partial charge < -0.3 is 10.0 Å². The van der Waals surface area contributed by atoms with Crippen LogP contribution in [0.3, 0.4) is 0 Å². The number of rotatable bonds is 5. The molecule has 0 aliphatic carbocycles. The Hall–Kier alpha value is -1.86. The molecule has 1 saturated heterocycles. The Balaban J connectivity index is 2.12. The van der Waals surface area contributed by atoms with Gasteiger partial charge in [0.05, 0.1) is 11.5 Å². The quantitative estimate of drug-likeness (QED) is 0.654. The number of carbonyl (C=O) groups is 1. The number of likely N-dealkylation sites (N-methyl/N-ethyl adjacent to an activating group) is 1. The van der Waals surface area contributed by atoms with Crippen molar-refractivity contribution in [2.45, 2.75) is 25.3 Å². The molecule has 0 saturated carbocycles. The molecule has 1 aromatic rings. The Kier molecular flexibility index (Phi) is 5.79. The average molecular weight is 342 g/mol. The van der Waals surface area contributed by atoms with E-state index in [1.165, 1.54) is 6.07 Å². The highest BCUT2D eigenvalue weighted by Gasteiger charge is 2.25. The molecule has 2 rings (SSSR count). The van der Waals surface area contributed by atoms with Crippen molar-refractivity contribution in [2.75, 3.05) is 31.6 Å². The molecule has 1 heterocycles. The van der Waals surface area contributed by atoms with Crippen molar-refractivity contribution in [1.82, 2.24) is 4.90 Å². The third-order valence-electron chi connectivity index (χ3n) is 4.18. The minimum atomic E-state index is -0.845. The minimum Gasteiger partial charge on any atom is -0.480 e. The van der Waals surface area contributed by atoms with Crippen molar-refractivity contribution < 1.29 is 14.8 Å². The number of nitro groups is 1. The molecule has 1 N–H and O–H groups in total. The molecule has 7 nitrogen and oxygen atoms in total. The van der Waals surface area contributed by atoms with E-state index in [2.05, 4.69) is 0 Å². The van der Waals surface area contributed by atoms with Crippen LogP contribution in [-0.2, 0) is 4.79 Å². The predicted octanol–water partition coefficient (Wildman–Crippen LogP) is 2.62. The highest BCUT2D eigenvalue weighted by molar-refractivity contribution is 6.30. The van der Waals surface area contributed by atoms with Crippen LogP contribution < -0.4 is 4.90 Å². The summed E-state index contributed by atoms with van der Waals surface area (Å²) in [5.74, 6) is -0.845. The van der Waals surface area contributed by atoms with Crippen LogP contribution in [0, 0.1) is 10.1 Å². The van der Waals surface area contributed by atoms with Gasteiger partial charge in [-0.05, 0) is 38.4 Å². The molecule has 0 radical (unpaired) electrons. The van der Waals surface area contributed by atoms with Crippen LogP contribution in [0.4, 0.5) is 11.4 Å². The first-order valence-electron chi connectivity index (χ1n) is 7.49. The van der Waals surface area contributed by atoms with Gasteiger partial charge in [0.15, 0.2) is 0 Å². The molecular formula is C15H20ClN3O4. The first-order valence-corrected chi connectivity index (χ1v) is 7.87. The van der Waals surface area contributed by atoms with E-state index in [-0.39, 0.29) is 18.3 Å². The van der Waals surface area contributed by atoms with Gasteiger partial charge in [0, 0.05) is 30.2 Å². The summed E-state index contributed by atoms with van der Waals surface area (Å²) in [7, 11) is 1.80. The number of carboxylic acids is 1. The lowest BCUT2D eigenvalue weighted by Crippen LogP contribution is -2.36. The van der Waals surface area contributed by atoms with Gasteiger partial charge in [-0.1, -0.05) is 11.6 Å². The number of anilines is 1. The molecule has 0 bridgehead atoms. The molecule has 1 fully saturated rings. The molecule has 23 heavy (non-hydrogen) atoms. The zero-order valence-corrected chi connectivity index (χ0v) is 13.7. The maximum atomic E-state index is 11.2. The molecule has 0 spiro atoms. The Morgan fingerprint density at radius 3 is 2.87 bits per heavy atom. The molecule has 0 aromatic heterocycles. The SMILES string of the molecule is CN(CC(=O)O)C1CCCN(c2ccc(Cl)cc2[N+](=O)[O-])CC1. The Labute approximate surface area is 139 Å². The lowest BCUT2D eigenvalue weighted by Gasteiger charge is -2.26. The van der Waals surface area contributed by atoms with Crippen molar-refractivity contribution >= 4 is 28.9 Å². The molecule has 0 amide bonds.